The number of rotatable bonds is 5. The molecule has 2 fully saturated rings. The maximum Gasteiger partial charge on any atom is 0.522 e. The van der Waals surface area contributed by atoms with E-state index in [1.165, 1.54) is 17.2 Å². The first kappa shape index (κ1) is 22.9. The molecule has 0 radical (unpaired) electrons. The lowest BCUT2D eigenvalue weighted by Gasteiger charge is -2.37. The fourth-order valence-electron chi connectivity index (χ4n) is 4.10. The first-order valence-corrected chi connectivity index (χ1v) is 10.7. The van der Waals surface area contributed by atoms with Crippen LogP contribution in [-0.4, -0.2) is 61.6 Å². The first-order valence-electron chi connectivity index (χ1n) is 9.85. The van der Waals surface area contributed by atoms with Gasteiger partial charge in [-0.1, -0.05) is 11.8 Å². The molecule has 0 bridgehead atoms. The molecule has 3 atom stereocenters. The summed E-state index contributed by atoms with van der Waals surface area (Å²) < 4.78 is 67.4. The molecule has 12 heteroatoms. The van der Waals surface area contributed by atoms with E-state index in [4.69, 9.17) is 9.15 Å². The molecule has 4 rings (SSSR count). The van der Waals surface area contributed by atoms with Crippen molar-refractivity contribution in [3.8, 4) is 0 Å². The monoisotopic (exact) mass is 476 g/mol. The lowest BCUT2D eigenvalue weighted by Crippen LogP contribution is -2.46. The van der Waals surface area contributed by atoms with Crippen LogP contribution in [0, 0.1) is 5.82 Å². The topological polar surface area (TPSA) is 72.2 Å². The van der Waals surface area contributed by atoms with Gasteiger partial charge in [-0.25, -0.2) is 4.39 Å². The molecule has 2 aliphatic rings. The molecule has 1 aromatic carbocycles. The van der Waals surface area contributed by atoms with Gasteiger partial charge in [0.25, 0.3) is 5.24 Å². The smallest absolute Gasteiger partial charge is 0.459 e. The normalized spacial score (nSPS) is 24.6. The summed E-state index contributed by atoms with van der Waals surface area (Å²) in [6.45, 7) is 3.68. The minimum atomic E-state index is -4.80. The van der Waals surface area contributed by atoms with Crippen LogP contribution in [0.5, 0.6) is 0 Å². The second-order valence-corrected chi connectivity index (χ2v) is 9.03. The van der Waals surface area contributed by atoms with E-state index in [1.807, 2.05) is 13.8 Å². The number of alkyl halides is 3. The number of carbonyl (C=O) groups excluding carboxylic acids is 2. The Bertz CT molecular complexity index is 1030. The van der Waals surface area contributed by atoms with Crippen molar-refractivity contribution in [3.05, 3.63) is 23.7 Å². The molecule has 174 valence electrons. The van der Waals surface area contributed by atoms with E-state index in [0.29, 0.717) is 31.1 Å². The van der Waals surface area contributed by atoms with E-state index in [9.17, 15) is 22.8 Å². The lowest BCUT2D eigenvalue weighted by atomic mass is 10.1. The van der Waals surface area contributed by atoms with Crippen LogP contribution in [-0.2, 0) is 9.47 Å². The van der Waals surface area contributed by atoms with Gasteiger partial charge in [0.2, 0.25) is 0 Å². The number of fused-ring (bicyclic) bond motifs is 1. The molecule has 0 aliphatic carbocycles. The zero-order valence-corrected chi connectivity index (χ0v) is 18.0. The van der Waals surface area contributed by atoms with E-state index in [2.05, 4.69) is 4.74 Å². The largest absolute Gasteiger partial charge is 0.522 e. The van der Waals surface area contributed by atoms with Crippen LogP contribution in [0.3, 0.4) is 0 Å². The van der Waals surface area contributed by atoms with Crippen LogP contribution in [0.15, 0.2) is 16.7 Å². The fraction of sp³-hybridized carbons (Fsp3) is 0.500. The number of thioether (sulfide) groups is 1. The Morgan fingerprint density at radius 2 is 1.94 bits per heavy atom. The summed E-state index contributed by atoms with van der Waals surface area (Å²) in [6.07, 6.45) is -3.44. The van der Waals surface area contributed by atoms with Gasteiger partial charge in [-0.3, -0.25) is 19.2 Å². The van der Waals surface area contributed by atoms with Gasteiger partial charge in [0, 0.05) is 30.6 Å². The minimum Gasteiger partial charge on any atom is -0.459 e. The molecule has 2 aromatic rings. The van der Waals surface area contributed by atoms with Gasteiger partial charge in [0.1, 0.15) is 6.26 Å². The number of hydrogen-bond acceptors (Lipinski definition) is 7. The maximum absolute atomic E-state index is 15.5. The van der Waals surface area contributed by atoms with Gasteiger partial charge in [-0.2, -0.15) is 0 Å². The number of amides is 1. The van der Waals surface area contributed by atoms with Crippen LogP contribution in [0.25, 0.3) is 11.0 Å². The van der Waals surface area contributed by atoms with Crippen LogP contribution in [0.4, 0.5) is 33.7 Å². The Hall–Kier alpha value is -2.31. The van der Waals surface area contributed by atoms with Crippen molar-refractivity contribution in [2.24, 2.45) is 0 Å². The summed E-state index contributed by atoms with van der Waals surface area (Å²) >= 11 is 0.697. The molecule has 1 amide bonds. The zero-order valence-electron chi connectivity index (χ0n) is 17.1. The third-order valence-corrected chi connectivity index (χ3v) is 6.29. The zero-order chi connectivity index (χ0) is 23.2. The molecule has 32 heavy (non-hydrogen) atoms. The number of furan rings is 1. The molecule has 1 aromatic heterocycles. The SMILES string of the molecule is C[C@@H]1CN(c2c(C=O)cc3c(N4C[C@H](COC(F)(F)F)SC4=O)coc3c2F)C[C@@H](C)O1. The van der Waals surface area contributed by atoms with Crippen molar-refractivity contribution in [3.63, 3.8) is 0 Å². The van der Waals surface area contributed by atoms with Crippen LogP contribution in [0.1, 0.15) is 24.2 Å². The second-order valence-electron chi connectivity index (χ2n) is 7.78. The number of carbonyl (C=O) groups is 2. The van der Waals surface area contributed by atoms with Gasteiger partial charge in [0.15, 0.2) is 17.7 Å². The number of anilines is 2. The van der Waals surface area contributed by atoms with Crippen LogP contribution < -0.4 is 9.80 Å². The van der Waals surface area contributed by atoms with Crippen molar-refractivity contribution < 1.29 is 41.0 Å². The van der Waals surface area contributed by atoms with Crippen molar-refractivity contribution in [2.75, 3.05) is 36.0 Å². The summed E-state index contributed by atoms with van der Waals surface area (Å²) in [5.74, 6) is -0.742. The molecule has 7 nitrogen and oxygen atoms in total. The highest BCUT2D eigenvalue weighted by molar-refractivity contribution is 8.14. The number of benzene rings is 1. The van der Waals surface area contributed by atoms with Gasteiger partial charge >= 0.3 is 6.36 Å². The molecule has 2 saturated heterocycles. The molecular weight excluding hydrogens is 456 g/mol. The number of nitrogens with zero attached hydrogens (tertiary/aromatic N) is 2. The number of ether oxygens (including phenoxy) is 2. The summed E-state index contributed by atoms with van der Waals surface area (Å²) in [5.41, 5.74) is 0.216. The molecule has 0 N–H and O–H groups in total. The number of halogens is 4. The van der Waals surface area contributed by atoms with Crippen molar-refractivity contribution >= 4 is 45.6 Å². The van der Waals surface area contributed by atoms with Gasteiger partial charge in [0.05, 0.1) is 35.4 Å². The Kier molecular flexibility index (Phi) is 6.12. The maximum atomic E-state index is 15.5. The summed E-state index contributed by atoms with van der Waals surface area (Å²) in [6, 6.07) is 1.43. The molecule has 3 heterocycles. The molecule has 0 spiro atoms. The van der Waals surface area contributed by atoms with Crippen LogP contribution >= 0.6 is 11.8 Å². The Labute approximate surface area is 184 Å². The van der Waals surface area contributed by atoms with Gasteiger partial charge in [-0.05, 0) is 19.9 Å². The third-order valence-electron chi connectivity index (χ3n) is 5.25. The highest BCUT2D eigenvalue weighted by atomic mass is 32.2. The highest BCUT2D eigenvalue weighted by Crippen LogP contribution is 2.41. The van der Waals surface area contributed by atoms with E-state index in [-0.39, 0.29) is 46.7 Å². The second kappa shape index (κ2) is 8.56. The number of morpholine rings is 1. The van der Waals surface area contributed by atoms with E-state index < -0.39 is 29.3 Å². The third kappa shape index (κ3) is 4.44. The predicted octanol–water partition coefficient (Wildman–Crippen LogP) is 4.58. The summed E-state index contributed by atoms with van der Waals surface area (Å²) in [5, 5.41) is -1.09. The first-order chi connectivity index (χ1) is 15.1. The van der Waals surface area contributed by atoms with Gasteiger partial charge in [-0.15, -0.1) is 13.2 Å². The summed E-state index contributed by atoms with van der Waals surface area (Å²) in [4.78, 5) is 27.1. The van der Waals surface area contributed by atoms with Crippen molar-refractivity contribution in [2.45, 2.75) is 37.7 Å². The fourth-order valence-corrected chi connectivity index (χ4v) is 5.04. The molecule has 2 aliphatic heterocycles. The van der Waals surface area contributed by atoms with Crippen molar-refractivity contribution in [1.82, 2.24) is 0 Å². The average molecular weight is 476 g/mol. The van der Waals surface area contributed by atoms with Crippen molar-refractivity contribution in [1.29, 1.82) is 0 Å². The highest BCUT2D eigenvalue weighted by Gasteiger charge is 2.38. The van der Waals surface area contributed by atoms with E-state index in [1.54, 1.807) is 4.90 Å². The lowest BCUT2D eigenvalue weighted by molar-refractivity contribution is -0.323. The number of aldehydes is 1. The predicted molar refractivity (Wildman–Crippen MR) is 110 cm³/mol. The quantitative estimate of drug-likeness (QED) is 0.462. The minimum absolute atomic E-state index is 0.0769. The summed E-state index contributed by atoms with van der Waals surface area (Å²) in [7, 11) is 0. The van der Waals surface area contributed by atoms with Crippen LogP contribution in [0.2, 0.25) is 0 Å². The molecule has 0 saturated carbocycles. The average Bonchev–Trinajstić information content (AvgIpc) is 3.28. The van der Waals surface area contributed by atoms with E-state index in [0.717, 1.165) is 0 Å². The van der Waals surface area contributed by atoms with E-state index >= 15 is 4.39 Å². The Morgan fingerprint density at radius 3 is 2.56 bits per heavy atom. The molecular formula is C20H20F4N2O5S. The van der Waals surface area contributed by atoms with Gasteiger partial charge < -0.3 is 14.1 Å². The molecule has 0 unspecified atom stereocenters. The number of hydrogen-bond donors (Lipinski definition) is 0. The Balaban J connectivity index is 1.66. The Morgan fingerprint density at radius 1 is 1.25 bits per heavy atom. The standard InChI is InChI=1S/C20H20F4N2O5S/c1-10-4-25(5-11(2)31-10)17-12(7-27)3-14-15(9-29-18(14)16(17)21)26-6-13(32-19(26)28)8-30-20(22,23)24/h3,7,9-11,13H,4-6,8H2,1-2H3/t10-,11-,13-/m1/s1.